The summed E-state index contributed by atoms with van der Waals surface area (Å²) >= 11 is 0. The van der Waals surface area contributed by atoms with E-state index >= 15 is 0 Å². The van der Waals surface area contributed by atoms with Crippen molar-refractivity contribution in [1.29, 1.82) is 0 Å². The Balaban J connectivity index is 3.49. The third-order valence-corrected chi connectivity index (χ3v) is 1.77. The molecule has 0 rings (SSSR count). The van der Waals surface area contributed by atoms with E-state index in [0.29, 0.717) is 6.42 Å². The quantitative estimate of drug-likeness (QED) is 0.423. The van der Waals surface area contributed by atoms with Gasteiger partial charge in [0.05, 0.1) is 6.61 Å². The summed E-state index contributed by atoms with van der Waals surface area (Å²) in [6, 6.07) is 0. The van der Waals surface area contributed by atoms with Gasteiger partial charge in [-0.3, -0.25) is 4.18 Å². The fraction of sp³-hybridized carbons (Fsp3) is 0.556. The van der Waals surface area contributed by atoms with E-state index in [1.807, 2.05) is 6.92 Å². The lowest BCUT2D eigenvalue weighted by Crippen LogP contribution is -2.16. The molecule has 0 aromatic carbocycles. The average Bonchev–Trinajstić information content (AvgIpc) is 2.00. The average molecular weight is 217 g/mol. The van der Waals surface area contributed by atoms with E-state index in [2.05, 4.69) is 27.7 Å². The molecule has 14 heavy (non-hydrogen) atoms. The predicted molar refractivity (Wildman–Crippen MR) is 55.5 cm³/mol. The van der Waals surface area contributed by atoms with E-state index < -0.39 is 10.3 Å². The summed E-state index contributed by atoms with van der Waals surface area (Å²) in [4.78, 5) is 0. The van der Waals surface area contributed by atoms with Crippen molar-refractivity contribution in [1.82, 2.24) is 0 Å². The Morgan fingerprint density at radius 3 is 2.50 bits per heavy atom. The minimum atomic E-state index is -3.81. The predicted octanol–water partition coefficient (Wildman–Crippen LogP) is 0.956. The Hall–Kier alpha value is -0.830. The van der Waals surface area contributed by atoms with E-state index in [1.165, 1.54) is 0 Å². The molecule has 0 aliphatic rings. The van der Waals surface area contributed by atoms with Crippen molar-refractivity contribution in [2.45, 2.75) is 26.2 Å². The molecule has 2 N–H and O–H groups in total. The molecule has 0 spiro atoms. The molecule has 0 aliphatic carbocycles. The maximum atomic E-state index is 10.3. The molecule has 0 saturated heterocycles. The molecule has 0 aliphatic heterocycles. The third kappa shape index (κ3) is 11.2. The first kappa shape index (κ1) is 13.2. The second kappa shape index (κ2) is 6.60. The smallest absolute Gasteiger partial charge is 0.257 e. The molecule has 0 aromatic rings. The van der Waals surface area contributed by atoms with Crippen molar-refractivity contribution >= 4 is 10.3 Å². The summed E-state index contributed by atoms with van der Waals surface area (Å²) in [6.07, 6.45) is 1.97. The van der Waals surface area contributed by atoms with Gasteiger partial charge in [-0.05, 0) is 13.3 Å². The van der Waals surface area contributed by atoms with Gasteiger partial charge < -0.3 is 0 Å². The standard InChI is InChI=1S/C9H15NO3S/c1-9(2)7-5-3-4-6-8-13-14(10,11)12/h1,5-8H2,2H3,(H2,10,11,12). The van der Waals surface area contributed by atoms with Crippen LogP contribution in [0.4, 0.5) is 0 Å². The third-order valence-electron chi connectivity index (χ3n) is 1.28. The molecule has 0 saturated carbocycles. The second-order valence-corrected chi connectivity index (χ2v) is 4.10. The minimum Gasteiger partial charge on any atom is -0.257 e. The molecule has 0 radical (unpaired) electrons. The molecule has 4 nitrogen and oxygen atoms in total. The summed E-state index contributed by atoms with van der Waals surface area (Å²) in [5, 5.41) is 4.61. The highest BCUT2D eigenvalue weighted by atomic mass is 32.2. The summed E-state index contributed by atoms with van der Waals surface area (Å²) in [5.74, 6) is 5.65. The number of hydrogen-bond donors (Lipinski definition) is 1. The number of allylic oxidation sites excluding steroid dienone is 1. The molecule has 0 aromatic heterocycles. The Bertz CT molecular complexity index is 335. The lowest BCUT2D eigenvalue weighted by molar-refractivity contribution is 0.327. The molecular formula is C9H15NO3S. The molecule has 0 amide bonds. The number of hydrogen-bond acceptors (Lipinski definition) is 3. The van der Waals surface area contributed by atoms with Crippen molar-refractivity contribution < 1.29 is 12.6 Å². The second-order valence-electron chi connectivity index (χ2n) is 2.88. The lowest BCUT2D eigenvalue weighted by atomic mass is 10.2. The van der Waals surface area contributed by atoms with Crippen LogP contribution in [-0.2, 0) is 14.5 Å². The van der Waals surface area contributed by atoms with Crippen LogP contribution in [0.15, 0.2) is 12.2 Å². The Kier molecular flexibility index (Phi) is 6.21. The minimum absolute atomic E-state index is 0.0128. The number of nitrogens with two attached hydrogens (primary N) is 1. The normalized spacial score (nSPS) is 10.4. The van der Waals surface area contributed by atoms with Crippen LogP contribution in [0.3, 0.4) is 0 Å². The molecule has 0 heterocycles. The van der Waals surface area contributed by atoms with Gasteiger partial charge in [0.25, 0.3) is 0 Å². The molecule has 0 atom stereocenters. The molecule has 5 heteroatoms. The molecular weight excluding hydrogens is 202 g/mol. The monoisotopic (exact) mass is 217 g/mol. The van der Waals surface area contributed by atoms with E-state index in [4.69, 9.17) is 0 Å². The summed E-state index contributed by atoms with van der Waals surface area (Å²) in [6.45, 7) is 5.68. The first-order valence-corrected chi connectivity index (χ1v) is 5.66. The van der Waals surface area contributed by atoms with E-state index in [9.17, 15) is 8.42 Å². The van der Waals surface area contributed by atoms with Gasteiger partial charge in [0, 0.05) is 12.8 Å². The Morgan fingerprint density at radius 2 is 2.00 bits per heavy atom. The van der Waals surface area contributed by atoms with Crippen molar-refractivity contribution in [3.8, 4) is 11.8 Å². The number of rotatable bonds is 5. The van der Waals surface area contributed by atoms with Gasteiger partial charge in [-0.1, -0.05) is 5.57 Å². The van der Waals surface area contributed by atoms with Crippen molar-refractivity contribution in [3.63, 3.8) is 0 Å². The van der Waals surface area contributed by atoms with E-state index in [0.717, 1.165) is 18.4 Å². The SMILES string of the molecule is C=C(C)CCC#CCCOS(N)(=O)=O. The molecule has 0 unspecified atom stereocenters. The summed E-state index contributed by atoms with van der Waals surface area (Å²) < 4.78 is 24.9. The van der Waals surface area contributed by atoms with Crippen LogP contribution in [0.2, 0.25) is 0 Å². The Labute approximate surface area is 85.4 Å². The zero-order valence-corrected chi connectivity index (χ0v) is 9.06. The highest BCUT2D eigenvalue weighted by Crippen LogP contribution is 1.98. The first-order valence-electron chi connectivity index (χ1n) is 4.19. The van der Waals surface area contributed by atoms with Gasteiger partial charge in [0.2, 0.25) is 0 Å². The summed E-state index contributed by atoms with van der Waals surface area (Å²) in [5.41, 5.74) is 1.08. The van der Waals surface area contributed by atoms with Gasteiger partial charge in [0.1, 0.15) is 0 Å². The maximum Gasteiger partial charge on any atom is 0.333 e. The fourth-order valence-electron chi connectivity index (χ4n) is 0.662. The van der Waals surface area contributed by atoms with Gasteiger partial charge in [-0.15, -0.1) is 18.4 Å². The van der Waals surface area contributed by atoms with Crippen molar-refractivity contribution in [2.24, 2.45) is 5.14 Å². The van der Waals surface area contributed by atoms with Gasteiger partial charge >= 0.3 is 10.3 Å². The van der Waals surface area contributed by atoms with Crippen LogP contribution in [0, 0.1) is 11.8 Å². The van der Waals surface area contributed by atoms with Crippen LogP contribution < -0.4 is 5.14 Å². The molecule has 80 valence electrons. The van der Waals surface area contributed by atoms with Crippen LogP contribution >= 0.6 is 0 Å². The van der Waals surface area contributed by atoms with Crippen LogP contribution in [0.1, 0.15) is 26.2 Å². The van der Waals surface area contributed by atoms with E-state index in [-0.39, 0.29) is 6.61 Å². The van der Waals surface area contributed by atoms with Crippen molar-refractivity contribution in [3.05, 3.63) is 12.2 Å². The first-order chi connectivity index (χ1) is 6.42. The van der Waals surface area contributed by atoms with Gasteiger partial charge in [-0.25, -0.2) is 5.14 Å². The van der Waals surface area contributed by atoms with Crippen LogP contribution in [0.5, 0.6) is 0 Å². The topological polar surface area (TPSA) is 69.4 Å². The lowest BCUT2D eigenvalue weighted by Gasteiger charge is -1.94. The van der Waals surface area contributed by atoms with E-state index in [1.54, 1.807) is 0 Å². The zero-order chi connectivity index (χ0) is 11.0. The highest BCUT2D eigenvalue weighted by molar-refractivity contribution is 7.84. The largest absolute Gasteiger partial charge is 0.333 e. The fourth-order valence-corrected chi connectivity index (χ4v) is 0.977. The zero-order valence-electron chi connectivity index (χ0n) is 8.25. The van der Waals surface area contributed by atoms with Crippen LogP contribution in [-0.4, -0.2) is 15.0 Å². The highest BCUT2D eigenvalue weighted by Gasteiger charge is 1.98. The molecule has 0 fully saturated rings. The Morgan fingerprint density at radius 1 is 1.43 bits per heavy atom. The van der Waals surface area contributed by atoms with Crippen molar-refractivity contribution in [2.75, 3.05) is 6.61 Å². The van der Waals surface area contributed by atoms with Gasteiger partial charge in [0.15, 0.2) is 0 Å². The maximum absolute atomic E-state index is 10.3. The van der Waals surface area contributed by atoms with Gasteiger partial charge in [-0.2, -0.15) is 8.42 Å². The molecule has 0 bridgehead atoms. The van der Waals surface area contributed by atoms with Crippen LogP contribution in [0.25, 0.3) is 0 Å². The summed E-state index contributed by atoms with van der Waals surface area (Å²) in [7, 11) is -3.81.